The van der Waals surface area contributed by atoms with Crippen LogP contribution in [0.4, 0.5) is 8.78 Å². The predicted molar refractivity (Wildman–Crippen MR) is 40.7 cm³/mol. The first kappa shape index (κ1) is 9.85. The second kappa shape index (κ2) is 3.66. The highest BCUT2D eigenvalue weighted by Gasteiger charge is 2.31. The summed E-state index contributed by atoms with van der Waals surface area (Å²) in [5.41, 5.74) is 0. The Morgan fingerprint density at radius 2 is 1.92 bits per heavy atom. The summed E-state index contributed by atoms with van der Waals surface area (Å²) in [5.74, 6) is -3.03. The molecule has 6 heteroatoms. The van der Waals surface area contributed by atoms with Gasteiger partial charge in [-0.15, -0.1) is 0 Å². The first-order chi connectivity index (χ1) is 5.55. The van der Waals surface area contributed by atoms with Crippen molar-refractivity contribution in [3.63, 3.8) is 0 Å². The fourth-order valence-electron chi connectivity index (χ4n) is 1.17. The van der Waals surface area contributed by atoms with Crippen LogP contribution in [0.15, 0.2) is 0 Å². The monoisotopic (exact) mass is 199 g/mol. The summed E-state index contributed by atoms with van der Waals surface area (Å²) >= 11 is 0. The number of alkyl halides is 2. The van der Waals surface area contributed by atoms with Gasteiger partial charge in [-0.3, -0.25) is 0 Å². The van der Waals surface area contributed by atoms with Gasteiger partial charge in [0.15, 0.2) is 0 Å². The Kier molecular flexibility index (Phi) is 3.00. The maximum absolute atomic E-state index is 12.1. The Hall–Kier alpha value is -0.230. The van der Waals surface area contributed by atoms with E-state index in [2.05, 4.69) is 0 Å². The minimum Gasteiger partial charge on any atom is -0.381 e. The molecule has 0 spiro atoms. The fourth-order valence-corrected chi connectivity index (χ4v) is 2.36. The van der Waals surface area contributed by atoms with Crippen LogP contribution in [0, 0.1) is 4.78 Å². The molecule has 12 heavy (non-hydrogen) atoms. The standard InChI is InChI=1S/C6H11F2NO2S/c7-6(8)12(9,10)5-1-3-11-4-2-5/h5-6,9H,1-4H2. The summed E-state index contributed by atoms with van der Waals surface area (Å²) in [7, 11) is -3.71. The lowest BCUT2D eigenvalue weighted by Gasteiger charge is -2.23. The third-order valence-corrected chi connectivity index (χ3v) is 3.92. The minimum absolute atomic E-state index is 0.312. The van der Waals surface area contributed by atoms with Crippen molar-refractivity contribution in [1.82, 2.24) is 0 Å². The van der Waals surface area contributed by atoms with Crippen molar-refractivity contribution in [2.24, 2.45) is 0 Å². The maximum atomic E-state index is 12.1. The number of nitrogens with one attached hydrogen (secondary N) is 1. The van der Waals surface area contributed by atoms with E-state index < -0.39 is 20.7 Å². The van der Waals surface area contributed by atoms with Gasteiger partial charge in [-0.05, 0) is 12.8 Å². The zero-order chi connectivity index (χ0) is 9.19. The second-order valence-electron chi connectivity index (χ2n) is 2.72. The van der Waals surface area contributed by atoms with Crippen molar-refractivity contribution in [1.29, 1.82) is 4.78 Å². The number of halogens is 2. The molecule has 1 rings (SSSR count). The topological polar surface area (TPSA) is 50.2 Å². The van der Waals surface area contributed by atoms with Crippen LogP contribution in [-0.4, -0.2) is 28.4 Å². The lowest BCUT2D eigenvalue weighted by molar-refractivity contribution is 0.0975. The van der Waals surface area contributed by atoms with E-state index in [4.69, 9.17) is 9.52 Å². The average Bonchev–Trinajstić information content (AvgIpc) is 2.06. The van der Waals surface area contributed by atoms with E-state index in [9.17, 15) is 13.0 Å². The SMILES string of the molecule is N=S(=O)(C(F)F)C1CCOCC1. The molecule has 0 radical (unpaired) electrons. The Morgan fingerprint density at radius 3 is 2.33 bits per heavy atom. The van der Waals surface area contributed by atoms with Gasteiger partial charge >= 0.3 is 5.76 Å². The first-order valence-corrected chi connectivity index (χ1v) is 5.36. The van der Waals surface area contributed by atoms with Gasteiger partial charge in [0, 0.05) is 13.2 Å². The van der Waals surface area contributed by atoms with Crippen LogP contribution in [0.5, 0.6) is 0 Å². The molecule has 0 aromatic carbocycles. The molecule has 0 bridgehead atoms. The van der Waals surface area contributed by atoms with Crippen LogP contribution in [0.3, 0.4) is 0 Å². The summed E-state index contributed by atoms with van der Waals surface area (Å²) < 4.78 is 47.2. The Morgan fingerprint density at radius 1 is 1.42 bits per heavy atom. The van der Waals surface area contributed by atoms with Gasteiger partial charge in [0.05, 0.1) is 5.25 Å². The number of hydrogen-bond acceptors (Lipinski definition) is 3. The van der Waals surface area contributed by atoms with Gasteiger partial charge in [-0.2, -0.15) is 8.78 Å². The van der Waals surface area contributed by atoms with E-state index in [0.29, 0.717) is 26.1 Å². The summed E-state index contributed by atoms with van der Waals surface area (Å²) in [4.78, 5) is 0. The van der Waals surface area contributed by atoms with Crippen molar-refractivity contribution in [2.75, 3.05) is 13.2 Å². The zero-order valence-corrected chi connectivity index (χ0v) is 7.28. The van der Waals surface area contributed by atoms with Crippen LogP contribution in [0.25, 0.3) is 0 Å². The maximum Gasteiger partial charge on any atom is 0.319 e. The Balaban J connectivity index is 2.67. The molecule has 0 saturated carbocycles. The normalized spacial score (nSPS) is 25.6. The van der Waals surface area contributed by atoms with E-state index >= 15 is 0 Å². The van der Waals surface area contributed by atoms with E-state index in [-0.39, 0.29) is 0 Å². The van der Waals surface area contributed by atoms with E-state index in [0.717, 1.165) is 0 Å². The molecular formula is C6H11F2NO2S. The smallest absolute Gasteiger partial charge is 0.319 e. The van der Waals surface area contributed by atoms with Crippen LogP contribution < -0.4 is 0 Å². The lowest BCUT2D eigenvalue weighted by atomic mass is 10.2. The highest BCUT2D eigenvalue weighted by Crippen LogP contribution is 2.21. The van der Waals surface area contributed by atoms with Crippen molar-refractivity contribution >= 4 is 9.73 Å². The van der Waals surface area contributed by atoms with Gasteiger partial charge in [-0.1, -0.05) is 0 Å². The largest absolute Gasteiger partial charge is 0.381 e. The van der Waals surface area contributed by atoms with Gasteiger partial charge in [0.25, 0.3) is 0 Å². The molecule has 1 fully saturated rings. The molecule has 3 nitrogen and oxygen atoms in total. The molecule has 0 aromatic rings. The van der Waals surface area contributed by atoms with Crippen LogP contribution in [0.1, 0.15) is 12.8 Å². The van der Waals surface area contributed by atoms with Crippen molar-refractivity contribution < 1.29 is 17.7 Å². The van der Waals surface area contributed by atoms with E-state index in [1.165, 1.54) is 0 Å². The fraction of sp³-hybridized carbons (Fsp3) is 1.00. The zero-order valence-electron chi connectivity index (χ0n) is 6.46. The average molecular weight is 199 g/mol. The molecule has 1 N–H and O–H groups in total. The molecule has 1 unspecified atom stereocenters. The molecule has 1 heterocycles. The number of rotatable bonds is 2. The molecule has 1 atom stereocenters. The third-order valence-electron chi connectivity index (χ3n) is 1.93. The molecule has 1 aliphatic rings. The quantitative estimate of drug-likeness (QED) is 0.731. The molecule has 0 aliphatic carbocycles. The number of hydrogen-bond donors (Lipinski definition) is 1. The van der Waals surface area contributed by atoms with Crippen molar-refractivity contribution in [2.45, 2.75) is 23.8 Å². The lowest BCUT2D eigenvalue weighted by Crippen LogP contribution is -2.31. The molecular weight excluding hydrogens is 188 g/mol. The van der Waals surface area contributed by atoms with Gasteiger partial charge in [0.1, 0.15) is 9.73 Å². The summed E-state index contributed by atoms with van der Waals surface area (Å²) in [6.45, 7) is 0.681. The molecule has 72 valence electrons. The molecule has 1 saturated heterocycles. The van der Waals surface area contributed by atoms with Gasteiger partial charge < -0.3 is 4.74 Å². The Bertz CT molecular complexity index is 234. The summed E-state index contributed by atoms with van der Waals surface area (Å²) in [6, 6.07) is 0. The predicted octanol–water partition coefficient (Wildman–Crippen LogP) is 1.43. The Labute approximate surface area is 70.1 Å². The summed E-state index contributed by atoms with van der Waals surface area (Å²) in [6.07, 6.45) is 0.624. The highest BCUT2D eigenvalue weighted by atomic mass is 32.2. The second-order valence-corrected chi connectivity index (χ2v) is 5.04. The van der Waals surface area contributed by atoms with Crippen molar-refractivity contribution in [3.8, 4) is 0 Å². The van der Waals surface area contributed by atoms with Gasteiger partial charge in [-0.25, -0.2) is 8.99 Å². The van der Waals surface area contributed by atoms with E-state index in [1.807, 2.05) is 0 Å². The molecule has 1 aliphatic heterocycles. The van der Waals surface area contributed by atoms with Gasteiger partial charge in [0.2, 0.25) is 0 Å². The number of ether oxygens (including phenoxy) is 1. The first-order valence-electron chi connectivity index (χ1n) is 3.67. The third kappa shape index (κ3) is 1.92. The molecule has 0 aromatic heterocycles. The van der Waals surface area contributed by atoms with Crippen molar-refractivity contribution in [3.05, 3.63) is 0 Å². The minimum atomic E-state index is -3.71. The van der Waals surface area contributed by atoms with Crippen LogP contribution in [-0.2, 0) is 14.5 Å². The molecule has 0 amide bonds. The van der Waals surface area contributed by atoms with E-state index in [1.54, 1.807) is 0 Å². The summed E-state index contributed by atoms with van der Waals surface area (Å²) in [5, 5.41) is -0.689. The van der Waals surface area contributed by atoms with Crippen LogP contribution in [0.2, 0.25) is 0 Å². The van der Waals surface area contributed by atoms with Crippen LogP contribution >= 0.6 is 0 Å². The highest BCUT2D eigenvalue weighted by molar-refractivity contribution is 7.93.